The maximum absolute atomic E-state index is 9.27. The highest BCUT2D eigenvalue weighted by molar-refractivity contribution is 14.1. The molecule has 1 heterocycles. The lowest BCUT2D eigenvalue weighted by atomic mass is 10.2. The molecule has 3 nitrogen and oxygen atoms in total. The van der Waals surface area contributed by atoms with E-state index in [1.54, 1.807) is 0 Å². The minimum atomic E-state index is 0.237. The van der Waals surface area contributed by atoms with Crippen molar-refractivity contribution in [3.8, 4) is 0 Å². The predicted octanol–water partition coefficient (Wildman–Crippen LogP) is 1.83. The number of hydrogen-bond acceptors (Lipinski definition) is 3. The van der Waals surface area contributed by atoms with Gasteiger partial charge in [-0.2, -0.15) is 0 Å². The Morgan fingerprint density at radius 1 is 1.53 bits per heavy atom. The summed E-state index contributed by atoms with van der Waals surface area (Å²) >= 11 is 2.30. The normalized spacial score (nSPS) is 20.9. The summed E-state index contributed by atoms with van der Waals surface area (Å²) in [4.78, 5) is 2.28. The highest BCUT2D eigenvalue weighted by Gasteiger charge is 2.25. The van der Waals surface area contributed by atoms with Gasteiger partial charge in [-0.1, -0.05) is 0 Å². The largest absolute Gasteiger partial charge is 0.399 e. The van der Waals surface area contributed by atoms with Gasteiger partial charge in [0, 0.05) is 15.8 Å². The van der Waals surface area contributed by atoms with Crippen molar-refractivity contribution in [3.63, 3.8) is 0 Å². The standard InChI is InChI=1S/C11H15IN2O/c12-10-6-8(13)3-4-11(10)14-5-1-2-9(14)7-15/h3-4,6,9,15H,1-2,5,7,13H2. The van der Waals surface area contributed by atoms with Crippen LogP contribution in [0.15, 0.2) is 18.2 Å². The summed E-state index contributed by atoms with van der Waals surface area (Å²) in [5, 5.41) is 9.27. The minimum absolute atomic E-state index is 0.237. The Morgan fingerprint density at radius 3 is 3.00 bits per heavy atom. The molecular weight excluding hydrogens is 303 g/mol. The average molecular weight is 318 g/mol. The molecule has 1 aromatic carbocycles. The molecule has 0 aromatic heterocycles. The summed E-state index contributed by atoms with van der Waals surface area (Å²) in [5.41, 5.74) is 7.71. The summed E-state index contributed by atoms with van der Waals surface area (Å²) in [6.45, 7) is 1.27. The van der Waals surface area contributed by atoms with Crippen molar-refractivity contribution >= 4 is 34.0 Å². The van der Waals surface area contributed by atoms with Gasteiger partial charge in [-0.05, 0) is 53.6 Å². The molecule has 3 N–H and O–H groups in total. The lowest BCUT2D eigenvalue weighted by Gasteiger charge is -2.26. The van der Waals surface area contributed by atoms with Crippen molar-refractivity contribution in [2.24, 2.45) is 0 Å². The van der Waals surface area contributed by atoms with Crippen LogP contribution in [0.1, 0.15) is 12.8 Å². The quantitative estimate of drug-likeness (QED) is 0.646. The van der Waals surface area contributed by atoms with Gasteiger partial charge in [-0.3, -0.25) is 0 Å². The number of nitrogens with zero attached hydrogens (tertiary/aromatic N) is 1. The van der Waals surface area contributed by atoms with Crippen LogP contribution in [0.3, 0.4) is 0 Å². The van der Waals surface area contributed by atoms with E-state index in [4.69, 9.17) is 5.73 Å². The molecular formula is C11H15IN2O. The van der Waals surface area contributed by atoms with E-state index >= 15 is 0 Å². The molecule has 4 heteroatoms. The number of halogens is 1. The van der Waals surface area contributed by atoms with Gasteiger partial charge in [0.1, 0.15) is 0 Å². The fourth-order valence-electron chi connectivity index (χ4n) is 2.10. The molecule has 1 aromatic rings. The lowest BCUT2D eigenvalue weighted by Crippen LogP contribution is -2.32. The molecule has 1 aliphatic heterocycles. The van der Waals surface area contributed by atoms with Crippen LogP contribution in [-0.2, 0) is 0 Å². The zero-order chi connectivity index (χ0) is 10.8. The van der Waals surface area contributed by atoms with Crippen molar-refractivity contribution in [2.75, 3.05) is 23.8 Å². The fourth-order valence-corrected chi connectivity index (χ4v) is 2.95. The number of rotatable bonds is 2. The van der Waals surface area contributed by atoms with Gasteiger partial charge in [0.2, 0.25) is 0 Å². The van der Waals surface area contributed by atoms with Gasteiger partial charge in [-0.15, -0.1) is 0 Å². The molecule has 1 saturated heterocycles. The van der Waals surface area contributed by atoms with Gasteiger partial charge in [-0.25, -0.2) is 0 Å². The van der Waals surface area contributed by atoms with Crippen LogP contribution in [-0.4, -0.2) is 24.3 Å². The van der Waals surface area contributed by atoms with Crippen LogP contribution in [0.2, 0.25) is 0 Å². The summed E-state index contributed by atoms with van der Waals surface area (Å²) < 4.78 is 1.16. The van der Waals surface area contributed by atoms with E-state index in [2.05, 4.69) is 27.5 Å². The van der Waals surface area contributed by atoms with Crippen LogP contribution in [0, 0.1) is 3.57 Å². The number of aliphatic hydroxyl groups is 1. The zero-order valence-corrected chi connectivity index (χ0v) is 10.6. The minimum Gasteiger partial charge on any atom is -0.399 e. The van der Waals surface area contributed by atoms with Crippen molar-refractivity contribution in [2.45, 2.75) is 18.9 Å². The van der Waals surface area contributed by atoms with Gasteiger partial charge < -0.3 is 15.7 Å². The maximum atomic E-state index is 9.27. The summed E-state index contributed by atoms with van der Waals surface area (Å²) in [5.74, 6) is 0. The topological polar surface area (TPSA) is 49.5 Å². The van der Waals surface area contributed by atoms with E-state index in [1.807, 2.05) is 18.2 Å². The van der Waals surface area contributed by atoms with Gasteiger partial charge in [0.05, 0.1) is 18.3 Å². The van der Waals surface area contributed by atoms with Crippen molar-refractivity contribution in [1.82, 2.24) is 0 Å². The van der Waals surface area contributed by atoms with Gasteiger partial charge in [0.25, 0.3) is 0 Å². The molecule has 1 unspecified atom stereocenters. The number of hydrogen-bond donors (Lipinski definition) is 2. The monoisotopic (exact) mass is 318 g/mol. The summed E-state index contributed by atoms with van der Waals surface area (Å²) in [6.07, 6.45) is 2.24. The van der Waals surface area contributed by atoms with E-state index in [0.717, 1.165) is 28.6 Å². The Kier molecular flexibility index (Phi) is 3.35. The van der Waals surface area contributed by atoms with E-state index in [-0.39, 0.29) is 12.6 Å². The second-order valence-corrected chi connectivity index (χ2v) is 5.05. The van der Waals surface area contributed by atoms with Crippen molar-refractivity contribution < 1.29 is 5.11 Å². The highest BCUT2D eigenvalue weighted by atomic mass is 127. The zero-order valence-electron chi connectivity index (χ0n) is 8.49. The Bertz CT molecular complexity index is 356. The number of benzene rings is 1. The first-order valence-corrected chi connectivity index (χ1v) is 6.23. The molecule has 0 bridgehead atoms. The lowest BCUT2D eigenvalue weighted by molar-refractivity contribution is 0.266. The van der Waals surface area contributed by atoms with Crippen LogP contribution < -0.4 is 10.6 Å². The van der Waals surface area contributed by atoms with Crippen molar-refractivity contribution in [1.29, 1.82) is 0 Å². The Hall–Kier alpha value is -0.490. The van der Waals surface area contributed by atoms with Gasteiger partial charge in [0.15, 0.2) is 0 Å². The van der Waals surface area contributed by atoms with Gasteiger partial charge >= 0.3 is 0 Å². The highest BCUT2D eigenvalue weighted by Crippen LogP contribution is 2.30. The molecule has 0 spiro atoms. The smallest absolute Gasteiger partial charge is 0.0635 e. The first-order chi connectivity index (χ1) is 7.22. The second-order valence-electron chi connectivity index (χ2n) is 3.88. The first-order valence-electron chi connectivity index (χ1n) is 5.15. The third-order valence-corrected chi connectivity index (χ3v) is 3.73. The third kappa shape index (κ3) is 2.20. The van der Waals surface area contributed by atoms with E-state index < -0.39 is 0 Å². The second kappa shape index (κ2) is 4.57. The molecule has 15 heavy (non-hydrogen) atoms. The van der Waals surface area contributed by atoms with E-state index in [0.29, 0.717) is 0 Å². The van der Waals surface area contributed by atoms with E-state index in [1.165, 1.54) is 5.69 Å². The van der Waals surface area contributed by atoms with Crippen LogP contribution in [0.25, 0.3) is 0 Å². The number of anilines is 2. The van der Waals surface area contributed by atoms with Crippen LogP contribution in [0.4, 0.5) is 11.4 Å². The fraction of sp³-hybridized carbons (Fsp3) is 0.455. The van der Waals surface area contributed by atoms with Crippen molar-refractivity contribution in [3.05, 3.63) is 21.8 Å². The molecule has 0 aliphatic carbocycles. The summed E-state index contributed by atoms with van der Waals surface area (Å²) in [7, 11) is 0. The Labute approximate surface area is 103 Å². The third-order valence-electron chi connectivity index (χ3n) is 2.87. The molecule has 0 radical (unpaired) electrons. The number of nitrogens with two attached hydrogens (primary N) is 1. The molecule has 1 atom stereocenters. The Morgan fingerprint density at radius 2 is 2.33 bits per heavy atom. The summed E-state index contributed by atoms with van der Waals surface area (Å²) in [6, 6.07) is 6.22. The molecule has 0 saturated carbocycles. The van der Waals surface area contributed by atoms with E-state index in [9.17, 15) is 5.11 Å². The number of aliphatic hydroxyl groups excluding tert-OH is 1. The average Bonchev–Trinajstić information content (AvgIpc) is 2.65. The number of nitrogen functional groups attached to an aromatic ring is 1. The predicted molar refractivity (Wildman–Crippen MR) is 71.0 cm³/mol. The SMILES string of the molecule is Nc1ccc(N2CCCC2CO)c(I)c1. The molecule has 0 amide bonds. The maximum Gasteiger partial charge on any atom is 0.0635 e. The molecule has 2 rings (SSSR count). The van der Waals surface area contributed by atoms with Crippen LogP contribution >= 0.6 is 22.6 Å². The van der Waals surface area contributed by atoms with Crippen LogP contribution in [0.5, 0.6) is 0 Å². The Balaban J connectivity index is 2.28. The molecule has 1 fully saturated rings. The molecule has 82 valence electrons. The molecule has 1 aliphatic rings. The first kappa shape index (κ1) is 11.0.